The van der Waals surface area contributed by atoms with Crippen LogP contribution in [-0.2, 0) is 9.59 Å². The van der Waals surface area contributed by atoms with Gasteiger partial charge in [-0.05, 0) is 48.4 Å². The molecule has 1 amide bonds. The minimum atomic E-state index is -0.945. The molecule has 2 aliphatic rings. The van der Waals surface area contributed by atoms with Crippen molar-refractivity contribution in [2.24, 2.45) is 5.10 Å². The lowest BCUT2D eigenvalue weighted by Crippen LogP contribution is -2.27. The maximum atomic E-state index is 13.2. The molecule has 0 bridgehead atoms. The monoisotopic (exact) mass is 509 g/mol. The predicted octanol–water partition coefficient (Wildman–Crippen LogP) is 4.60. The van der Waals surface area contributed by atoms with E-state index in [2.05, 4.69) is 10.1 Å². The standard InChI is InChI=1S/C26H24ClN3O6/c1-34-17-7-5-15(6-8-17)20-13-21(30(29-20)24(31)3-2-4-25(32)33)18-11-16-12-22-23(36-10-9-35-22)14-19(16)28-26(18)27/h5-8,11-12,14,21H,2-4,9-10,13H2,1H3,(H,32,33). The number of carboxylic acid groups (broad SMARTS) is 1. The molecule has 1 N–H and O–H groups in total. The summed E-state index contributed by atoms with van der Waals surface area (Å²) in [6.45, 7) is 0.934. The fourth-order valence-corrected chi connectivity index (χ4v) is 4.65. The Balaban J connectivity index is 1.50. The molecule has 2 aliphatic heterocycles. The Morgan fingerprint density at radius 2 is 1.83 bits per heavy atom. The molecule has 5 rings (SSSR count). The smallest absolute Gasteiger partial charge is 0.303 e. The van der Waals surface area contributed by atoms with Crippen molar-refractivity contribution >= 4 is 40.1 Å². The molecule has 9 nitrogen and oxygen atoms in total. The number of hydrogen-bond acceptors (Lipinski definition) is 7. The van der Waals surface area contributed by atoms with E-state index in [0.717, 1.165) is 10.9 Å². The topological polar surface area (TPSA) is 111 Å². The number of aliphatic carboxylic acids is 1. The van der Waals surface area contributed by atoms with Gasteiger partial charge < -0.3 is 19.3 Å². The zero-order valence-electron chi connectivity index (χ0n) is 19.6. The van der Waals surface area contributed by atoms with Crippen molar-refractivity contribution in [1.82, 2.24) is 9.99 Å². The number of hydrazone groups is 1. The highest BCUT2D eigenvalue weighted by molar-refractivity contribution is 6.30. The van der Waals surface area contributed by atoms with Crippen LogP contribution in [0.15, 0.2) is 47.6 Å². The van der Waals surface area contributed by atoms with Crippen molar-refractivity contribution in [1.29, 1.82) is 0 Å². The van der Waals surface area contributed by atoms with Crippen LogP contribution in [-0.4, -0.2) is 53.0 Å². The van der Waals surface area contributed by atoms with E-state index in [0.29, 0.717) is 53.7 Å². The van der Waals surface area contributed by atoms with E-state index in [-0.39, 0.29) is 30.3 Å². The second-order valence-electron chi connectivity index (χ2n) is 8.54. The van der Waals surface area contributed by atoms with E-state index in [1.165, 1.54) is 5.01 Å². The van der Waals surface area contributed by atoms with Crippen molar-refractivity contribution in [2.45, 2.75) is 31.7 Å². The van der Waals surface area contributed by atoms with E-state index in [4.69, 9.17) is 30.9 Å². The normalized spacial score (nSPS) is 16.7. The lowest BCUT2D eigenvalue weighted by atomic mass is 9.98. The summed E-state index contributed by atoms with van der Waals surface area (Å²) in [6, 6.07) is 12.5. The first-order valence-electron chi connectivity index (χ1n) is 11.6. The van der Waals surface area contributed by atoms with Gasteiger partial charge in [0.25, 0.3) is 0 Å². The van der Waals surface area contributed by atoms with E-state index < -0.39 is 12.0 Å². The first-order valence-corrected chi connectivity index (χ1v) is 12.0. The SMILES string of the molecule is COc1ccc(C2=NN(C(=O)CCCC(=O)O)C(c3cc4cc5c(cc4nc3Cl)OCCO5)C2)cc1. The fraction of sp³-hybridized carbons (Fsp3) is 0.308. The van der Waals surface area contributed by atoms with E-state index in [9.17, 15) is 9.59 Å². The molecule has 36 heavy (non-hydrogen) atoms. The zero-order valence-corrected chi connectivity index (χ0v) is 20.3. The molecule has 0 radical (unpaired) electrons. The Hall–Kier alpha value is -3.85. The summed E-state index contributed by atoms with van der Waals surface area (Å²) in [5.41, 5.74) is 2.88. The number of methoxy groups -OCH3 is 1. The molecule has 0 spiro atoms. The highest BCUT2D eigenvalue weighted by Gasteiger charge is 2.35. The molecular formula is C26H24ClN3O6. The van der Waals surface area contributed by atoms with E-state index in [1.54, 1.807) is 13.2 Å². The molecule has 1 aromatic heterocycles. The van der Waals surface area contributed by atoms with Gasteiger partial charge in [0.1, 0.15) is 24.1 Å². The van der Waals surface area contributed by atoms with Gasteiger partial charge in [-0.1, -0.05) is 11.6 Å². The van der Waals surface area contributed by atoms with Crippen LogP contribution in [0.25, 0.3) is 10.9 Å². The molecule has 3 aromatic rings. The van der Waals surface area contributed by atoms with Gasteiger partial charge in [0.2, 0.25) is 5.91 Å². The third-order valence-electron chi connectivity index (χ3n) is 6.19. The number of aromatic nitrogens is 1. The molecule has 186 valence electrons. The van der Waals surface area contributed by atoms with Gasteiger partial charge in [0.15, 0.2) is 11.5 Å². The first-order chi connectivity index (χ1) is 17.4. The fourth-order valence-electron chi connectivity index (χ4n) is 4.38. The molecule has 0 saturated heterocycles. The Labute approximate surface area is 212 Å². The van der Waals surface area contributed by atoms with Crippen molar-refractivity contribution in [3.05, 3.63) is 58.7 Å². The number of halogens is 1. The number of fused-ring (bicyclic) bond motifs is 2. The zero-order chi connectivity index (χ0) is 25.2. The third-order valence-corrected chi connectivity index (χ3v) is 6.49. The molecule has 2 aromatic carbocycles. The molecule has 3 heterocycles. The summed E-state index contributed by atoms with van der Waals surface area (Å²) < 4.78 is 16.6. The number of carbonyl (C=O) groups excluding carboxylic acids is 1. The van der Waals surface area contributed by atoms with Crippen molar-refractivity contribution in [3.8, 4) is 17.2 Å². The van der Waals surface area contributed by atoms with Crippen molar-refractivity contribution in [2.75, 3.05) is 20.3 Å². The summed E-state index contributed by atoms with van der Waals surface area (Å²) in [5.74, 6) is 0.743. The van der Waals surface area contributed by atoms with Gasteiger partial charge in [0.05, 0.1) is 24.4 Å². The van der Waals surface area contributed by atoms with Crippen LogP contribution >= 0.6 is 11.6 Å². The van der Waals surface area contributed by atoms with Crippen LogP contribution in [0.1, 0.15) is 42.9 Å². The maximum Gasteiger partial charge on any atom is 0.303 e. The first kappa shape index (κ1) is 23.9. The average Bonchev–Trinajstić information content (AvgIpc) is 3.32. The number of pyridine rings is 1. The van der Waals surface area contributed by atoms with E-state index >= 15 is 0 Å². The number of amides is 1. The summed E-state index contributed by atoms with van der Waals surface area (Å²) in [5, 5.41) is 16.1. The van der Waals surface area contributed by atoms with Crippen molar-refractivity contribution in [3.63, 3.8) is 0 Å². The minimum absolute atomic E-state index is 0.0551. The molecule has 0 saturated carbocycles. The van der Waals surface area contributed by atoms with Gasteiger partial charge in [-0.3, -0.25) is 9.59 Å². The van der Waals surface area contributed by atoms with Crippen LogP contribution in [0.2, 0.25) is 5.15 Å². The van der Waals surface area contributed by atoms with Gasteiger partial charge >= 0.3 is 5.97 Å². The Morgan fingerprint density at radius 1 is 1.11 bits per heavy atom. The summed E-state index contributed by atoms with van der Waals surface area (Å²) in [6.07, 6.45) is 0.608. The highest BCUT2D eigenvalue weighted by atomic mass is 35.5. The Kier molecular flexibility index (Phi) is 6.65. The largest absolute Gasteiger partial charge is 0.497 e. The molecule has 0 fully saturated rings. The number of carbonyl (C=O) groups is 2. The summed E-state index contributed by atoms with van der Waals surface area (Å²) in [7, 11) is 1.60. The van der Waals surface area contributed by atoms with E-state index in [1.807, 2.05) is 36.4 Å². The van der Waals surface area contributed by atoms with Crippen LogP contribution in [0, 0.1) is 0 Å². The highest BCUT2D eigenvalue weighted by Crippen LogP contribution is 2.40. The molecule has 10 heteroatoms. The van der Waals surface area contributed by atoms with Crippen LogP contribution < -0.4 is 14.2 Å². The van der Waals surface area contributed by atoms with Crippen LogP contribution in [0.4, 0.5) is 0 Å². The summed E-state index contributed by atoms with van der Waals surface area (Å²) >= 11 is 6.65. The van der Waals surface area contributed by atoms with Gasteiger partial charge in [0, 0.05) is 36.3 Å². The number of carboxylic acids is 1. The Morgan fingerprint density at radius 3 is 2.53 bits per heavy atom. The van der Waals surface area contributed by atoms with Crippen LogP contribution in [0.3, 0.4) is 0 Å². The maximum absolute atomic E-state index is 13.2. The predicted molar refractivity (Wildman–Crippen MR) is 133 cm³/mol. The second-order valence-corrected chi connectivity index (χ2v) is 8.90. The van der Waals surface area contributed by atoms with Gasteiger partial charge in [-0.2, -0.15) is 5.10 Å². The summed E-state index contributed by atoms with van der Waals surface area (Å²) in [4.78, 5) is 28.7. The second kappa shape index (κ2) is 10.0. The average molecular weight is 510 g/mol. The number of ether oxygens (including phenoxy) is 3. The lowest BCUT2D eigenvalue weighted by molar-refractivity contribution is -0.137. The van der Waals surface area contributed by atoms with Gasteiger partial charge in [-0.15, -0.1) is 0 Å². The number of hydrogen-bond donors (Lipinski definition) is 1. The van der Waals surface area contributed by atoms with Crippen molar-refractivity contribution < 1.29 is 28.9 Å². The molecular weight excluding hydrogens is 486 g/mol. The Bertz CT molecular complexity index is 1360. The number of rotatable bonds is 7. The lowest BCUT2D eigenvalue weighted by Gasteiger charge is -2.23. The minimum Gasteiger partial charge on any atom is -0.497 e. The molecule has 0 aliphatic carbocycles. The quantitative estimate of drug-likeness (QED) is 0.463. The third kappa shape index (κ3) is 4.79. The van der Waals surface area contributed by atoms with Gasteiger partial charge in [-0.25, -0.2) is 9.99 Å². The molecule has 1 atom stereocenters. The molecule has 1 unspecified atom stereocenters. The number of benzene rings is 2. The van der Waals surface area contributed by atoms with Crippen LogP contribution in [0.5, 0.6) is 17.2 Å². The number of nitrogens with zero attached hydrogens (tertiary/aromatic N) is 3.